The summed E-state index contributed by atoms with van der Waals surface area (Å²) in [6.45, 7) is 0.500. The lowest BCUT2D eigenvalue weighted by atomic mass is 9.95. The Labute approximate surface area is 100 Å². The smallest absolute Gasteiger partial charge is 0.303 e. The van der Waals surface area contributed by atoms with Gasteiger partial charge in [0.15, 0.2) is 0 Å². The fraction of sp³-hybridized carbons (Fsp3) is 0.417. The van der Waals surface area contributed by atoms with Crippen LogP contribution in [0.2, 0.25) is 5.02 Å². The molecule has 0 aliphatic rings. The zero-order valence-electron chi connectivity index (χ0n) is 9.03. The molecule has 0 saturated heterocycles. The van der Waals surface area contributed by atoms with Crippen LogP contribution in [0.4, 0.5) is 0 Å². The molecule has 1 atom stereocenters. The van der Waals surface area contributed by atoms with Crippen molar-refractivity contribution in [1.29, 1.82) is 0 Å². The normalized spacial score (nSPS) is 12.4. The van der Waals surface area contributed by atoms with E-state index in [0.29, 0.717) is 18.0 Å². The number of halogens is 1. The first-order valence-electron chi connectivity index (χ1n) is 5.28. The van der Waals surface area contributed by atoms with Crippen molar-refractivity contribution in [2.24, 2.45) is 11.7 Å². The summed E-state index contributed by atoms with van der Waals surface area (Å²) in [5.41, 5.74) is 6.72. The molecule has 1 unspecified atom stereocenters. The molecule has 3 N–H and O–H groups in total. The summed E-state index contributed by atoms with van der Waals surface area (Å²) in [5, 5.41) is 9.31. The first kappa shape index (κ1) is 13.0. The van der Waals surface area contributed by atoms with Gasteiger partial charge in [-0.2, -0.15) is 0 Å². The molecular weight excluding hydrogens is 226 g/mol. The van der Waals surface area contributed by atoms with Crippen molar-refractivity contribution in [2.75, 3.05) is 6.54 Å². The van der Waals surface area contributed by atoms with Crippen LogP contribution in [-0.2, 0) is 11.2 Å². The maximum Gasteiger partial charge on any atom is 0.303 e. The lowest BCUT2D eigenvalue weighted by molar-refractivity contribution is -0.137. The zero-order valence-corrected chi connectivity index (χ0v) is 9.78. The van der Waals surface area contributed by atoms with Crippen molar-refractivity contribution >= 4 is 17.6 Å². The van der Waals surface area contributed by atoms with Gasteiger partial charge in [0.05, 0.1) is 0 Å². The Hall–Kier alpha value is -1.06. The molecule has 0 aromatic heterocycles. The molecule has 0 fully saturated rings. The van der Waals surface area contributed by atoms with Crippen molar-refractivity contribution in [2.45, 2.75) is 19.3 Å². The monoisotopic (exact) mass is 241 g/mol. The van der Waals surface area contributed by atoms with E-state index < -0.39 is 5.97 Å². The topological polar surface area (TPSA) is 63.3 Å². The van der Waals surface area contributed by atoms with Gasteiger partial charge >= 0.3 is 5.97 Å². The zero-order chi connectivity index (χ0) is 12.0. The van der Waals surface area contributed by atoms with Crippen LogP contribution < -0.4 is 5.73 Å². The Morgan fingerprint density at radius 2 is 2.25 bits per heavy atom. The summed E-state index contributed by atoms with van der Waals surface area (Å²) in [7, 11) is 0. The Morgan fingerprint density at radius 1 is 1.50 bits per heavy atom. The SMILES string of the molecule is NCC(CCC(=O)O)Cc1cccc(Cl)c1. The van der Waals surface area contributed by atoms with Crippen LogP contribution in [0.25, 0.3) is 0 Å². The second-order valence-electron chi connectivity index (χ2n) is 3.87. The third kappa shape index (κ3) is 4.64. The third-order valence-electron chi connectivity index (χ3n) is 2.51. The summed E-state index contributed by atoms with van der Waals surface area (Å²) in [6, 6.07) is 7.59. The number of nitrogens with two attached hydrogens (primary N) is 1. The van der Waals surface area contributed by atoms with Crippen LogP contribution in [0.3, 0.4) is 0 Å². The van der Waals surface area contributed by atoms with E-state index in [0.717, 1.165) is 12.0 Å². The second-order valence-corrected chi connectivity index (χ2v) is 4.30. The molecule has 0 radical (unpaired) electrons. The van der Waals surface area contributed by atoms with E-state index in [1.807, 2.05) is 24.3 Å². The van der Waals surface area contributed by atoms with Crippen LogP contribution in [0.15, 0.2) is 24.3 Å². The van der Waals surface area contributed by atoms with Crippen molar-refractivity contribution in [1.82, 2.24) is 0 Å². The molecule has 0 bridgehead atoms. The number of aliphatic carboxylic acids is 1. The minimum Gasteiger partial charge on any atom is -0.481 e. The van der Waals surface area contributed by atoms with Crippen LogP contribution in [0.1, 0.15) is 18.4 Å². The maximum atomic E-state index is 10.5. The summed E-state index contributed by atoms with van der Waals surface area (Å²) < 4.78 is 0. The van der Waals surface area contributed by atoms with E-state index in [1.165, 1.54) is 0 Å². The Morgan fingerprint density at radius 3 is 2.81 bits per heavy atom. The minimum absolute atomic E-state index is 0.169. The fourth-order valence-corrected chi connectivity index (χ4v) is 1.84. The van der Waals surface area contributed by atoms with Crippen LogP contribution in [0, 0.1) is 5.92 Å². The fourth-order valence-electron chi connectivity index (χ4n) is 1.63. The first-order valence-corrected chi connectivity index (χ1v) is 5.66. The van der Waals surface area contributed by atoms with Gasteiger partial charge in [0.25, 0.3) is 0 Å². The van der Waals surface area contributed by atoms with E-state index >= 15 is 0 Å². The quantitative estimate of drug-likeness (QED) is 0.804. The van der Waals surface area contributed by atoms with Crippen molar-refractivity contribution in [3.63, 3.8) is 0 Å². The largest absolute Gasteiger partial charge is 0.481 e. The number of hydrogen-bond donors (Lipinski definition) is 2. The molecule has 0 aliphatic heterocycles. The molecule has 4 heteroatoms. The molecule has 0 saturated carbocycles. The number of hydrogen-bond acceptors (Lipinski definition) is 2. The van der Waals surface area contributed by atoms with E-state index in [-0.39, 0.29) is 12.3 Å². The predicted molar refractivity (Wildman–Crippen MR) is 64.6 cm³/mol. The van der Waals surface area contributed by atoms with Gasteiger partial charge in [-0.05, 0) is 43.0 Å². The maximum absolute atomic E-state index is 10.5. The molecule has 16 heavy (non-hydrogen) atoms. The van der Waals surface area contributed by atoms with Gasteiger partial charge in [0, 0.05) is 11.4 Å². The van der Waals surface area contributed by atoms with Crippen LogP contribution in [-0.4, -0.2) is 17.6 Å². The Kier molecular flexibility index (Phi) is 5.29. The van der Waals surface area contributed by atoms with Gasteiger partial charge in [-0.25, -0.2) is 0 Å². The van der Waals surface area contributed by atoms with Gasteiger partial charge in [0.1, 0.15) is 0 Å². The molecule has 88 valence electrons. The number of carboxylic acids is 1. The van der Waals surface area contributed by atoms with Crippen molar-refractivity contribution in [3.8, 4) is 0 Å². The van der Waals surface area contributed by atoms with Gasteiger partial charge in [-0.15, -0.1) is 0 Å². The average molecular weight is 242 g/mol. The summed E-state index contributed by atoms with van der Waals surface area (Å²) in [5.74, 6) is -0.570. The highest BCUT2D eigenvalue weighted by molar-refractivity contribution is 6.30. The van der Waals surface area contributed by atoms with E-state index in [1.54, 1.807) is 0 Å². The first-order chi connectivity index (χ1) is 7.61. The molecule has 1 aromatic rings. The van der Waals surface area contributed by atoms with Gasteiger partial charge < -0.3 is 10.8 Å². The van der Waals surface area contributed by atoms with Crippen LogP contribution in [0.5, 0.6) is 0 Å². The third-order valence-corrected chi connectivity index (χ3v) is 2.75. The molecule has 0 amide bonds. The molecule has 0 heterocycles. The Balaban J connectivity index is 2.52. The number of benzene rings is 1. The highest BCUT2D eigenvalue weighted by atomic mass is 35.5. The second kappa shape index (κ2) is 6.51. The molecular formula is C12H16ClNO2. The van der Waals surface area contributed by atoms with Crippen molar-refractivity contribution < 1.29 is 9.90 Å². The predicted octanol–water partition coefficient (Wildman–Crippen LogP) is 2.32. The van der Waals surface area contributed by atoms with E-state index in [4.69, 9.17) is 22.4 Å². The number of carboxylic acid groups (broad SMARTS) is 1. The molecule has 1 rings (SSSR count). The minimum atomic E-state index is -0.774. The Bertz CT molecular complexity index is 355. The van der Waals surface area contributed by atoms with E-state index in [9.17, 15) is 4.79 Å². The van der Waals surface area contributed by atoms with Crippen molar-refractivity contribution in [3.05, 3.63) is 34.9 Å². The standard InChI is InChI=1S/C12H16ClNO2/c13-11-3-1-2-9(7-11)6-10(8-14)4-5-12(15)16/h1-3,7,10H,4-6,8,14H2,(H,15,16). The molecule has 0 aliphatic carbocycles. The summed E-state index contributed by atoms with van der Waals surface area (Å²) >= 11 is 5.87. The van der Waals surface area contributed by atoms with Crippen LogP contribution >= 0.6 is 11.6 Å². The van der Waals surface area contributed by atoms with Gasteiger partial charge in [-0.3, -0.25) is 4.79 Å². The number of rotatable bonds is 6. The average Bonchev–Trinajstić information content (AvgIpc) is 2.24. The highest BCUT2D eigenvalue weighted by Crippen LogP contribution is 2.16. The lowest BCUT2D eigenvalue weighted by Crippen LogP contribution is -2.18. The highest BCUT2D eigenvalue weighted by Gasteiger charge is 2.10. The van der Waals surface area contributed by atoms with Gasteiger partial charge in [0.2, 0.25) is 0 Å². The lowest BCUT2D eigenvalue weighted by Gasteiger charge is -2.13. The van der Waals surface area contributed by atoms with E-state index in [2.05, 4.69) is 0 Å². The summed E-state index contributed by atoms with van der Waals surface area (Å²) in [4.78, 5) is 10.5. The molecule has 3 nitrogen and oxygen atoms in total. The number of carbonyl (C=O) groups is 1. The van der Waals surface area contributed by atoms with Gasteiger partial charge in [-0.1, -0.05) is 23.7 Å². The molecule has 1 aromatic carbocycles. The summed E-state index contributed by atoms with van der Waals surface area (Å²) in [6.07, 6.45) is 1.56. The molecule has 0 spiro atoms.